The molecule has 1 heterocycles. The van der Waals surface area contributed by atoms with E-state index in [9.17, 15) is 22.8 Å². The number of halogens is 3. The number of carbonyl (C=O) groups excluding carboxylic acids is 2. The average molecular weight is 693 g/mol. The molecule has 2 amide bonds. The summed E-state index contributed by atoms with van der Waals surface area (Å²) in [4.78, 5) is 32.2. The van der Waals surface area contributed by atoms with Crippen LogP contribution < -0.4 is 15.8 Å². The van der Waals surface area contributed by atoms with Gasteiger partial charge in [0.15, 0.2) is 5.75 Å². The van der Waals surface area contributed by atoms with Crippen LogP contribution in [0.4, 0.5) is 18.9 Å². The number of nitrogens with zero attached hydrogens (tertiary/aromatic N) is 2. The Morgan fingerprint density at radius 1 is 0.959 bits per heavy atom. The van der Waals surface area contributed by atoms with Crippen molar-refractivity contribution >= 4 is 29.3 Å². The molecule has 3 N–H and O–H groups in total. The van der Waals surface area contributed by atoms with E-state index in [1.54, 1.807) is 34.9 Å². The minimum atomic E-state index is -4.43. The molecule has 0 aliphatic carbocycles. The van der Waals surface area contributed by atoms with E-state index in [-0.39, 0.29) is 30.0 Å². The summed E-state index contributed by atoms with van der Waals surface area (Å²) in [5, 5.41) is 2.72. The van der Waals surface area contributed by atoms with E-state index in [0.717, 1.165) is 18.7 Å². The first-order valence-corrected chi connectivity index (χ1v) is 16.8. The maximum atomic E-state index is 13.2. The van der Waals surface area contributed by atoms with Gasteiger partial charge in [-0.3, -0.25) is 9.59 Å². The first kappa shape index (κ1) is 37.5. The van der Waals surface area contributed by atoms with Crippen LogP contribution in [-0.4, -0.2) is 61.4 Å². The van der Waals surface area contributed by atoms with E-state index in [1.807, 2.05) is 19.9 Å². The molecule has 0 saturated carbocycles. The third-order valence-electron chi connectivity index (χ3n) is 7.72. The van der Waals surface area contributed by atoms with Crippen molar-refractivity contribution in [2.75, 3.05) is 39.1 Å². The molecule has 4 aromatic carbocycles. The maximum Gasteiger partial charge on any atom is 0.416 e. The highest BCUT2D eigenvalue weighted by atomic mass is 32.2. The number of ether oxygens (including phenoxy) is 1. The van der Waals surface area contributed by atoms with Gasteiger partial charge in [0.25, 0.3) is 5.91 Å². The molecule has 260 valence electrons. The molecule has 7 nitrogen and oxygen atoms in total. The van der Waals surface area contributed by atoms with Crippen LogP contribution in [0.15, 0.2) is 107 Å². The van der Waals surface area contributed by atoms with Crippen molar-refractivity contribution < 1.29 is 27.5 Å². The third kappa shape index (κ3) is 11.1. The lowest BCUT2D eigenvalue weighted by Crippen LogP contribution is -2.46. The fraction of sp³-hybridized carbons (Fsp3) is 0.316. The van der Waals surface area contributed by atoms with E-state index in [1.165, 1.54) is 27.5 Å². The number of nitrogens with one attached hydrogen (secondary N) is 1. The van der Waals surface area contributed by atoms with Gasteiger partial charge in [0.2, 0.25) is 5.91 Å². The standard InChI is InChI=1S/C23H26F3N3O3.C15H17NS/c1-14-12-29(15(2)11-27)22(31)18-4-3-5-19(21(18)32-13-14)28-20(30)10-16-6-8-17(9-7-16)23(24,25)26;1-16(2)12-13-8-10-15(11-9-13)17-14-6-4-3-5-7-14/h3-9,14-15H,10-13,27H2,1-2H3,(H,28,30);3-11H,12H2,1-2H3/t14-,15+;/m1./s1. The Morgan fingerprint density at radius 3 is 2.20 bits per heavy atom. The summed E-state index contributed by atoms with van der Waals surface area (Å²) < 4.78 is 44.1. The zero-order valence-corrected chi connectivity index (χ0v) is 29.0. The molecule has 0 aromatic heterocycles. The normalized spacial score (nSPS) is 15.2. The van der Waals surface area contributed by atoms with Crippen molar-refractivity contribution in [1.82, 2.24) is 9.80 Å². The number of rotatable bonds is 9. The van der Waals surface area contributed by atoms with Crippen molar-refractivity contribution in [3.05, 3.63) is 119 Å². The van der Waals surface area contributed by atoms with Crippen LogP contribution in [0.3, 0.4) is 0 Å². The number of anilines is 1. The first-order chi connectivity index (χ1) is 23.3. The lowest BCUT2D eigenvalue weighted by Gasteiger charge is -2.34. The summed E-state index contributed by atoms with van der Waals surface area (Å²) in [6.45, 7) is 6.00. The molecule has 0 saturated heterocycles. The summed E-state index contributed by atoms with van der Waals surface area (Å²) in [5.74, 6) is -0.337. The van der Waals surface area contributed by atoms with Gasteiger partial charge in [-0.25, -0.2) is 0 Å². The molecular formula is C38H43F3N4O3S. The minimum Gasteiger partial charge on any atom is -0.490 e. The number of nitrogens with two attached hydrogens (primary N) is 1. The smallest absolute Gasteiger partial charge is 0.416 e. The van der Waals surface area contributed by atoms with Crippen molar-refractivity contribution in [2.45, 2.75) is 48.8 Å². The van der Waals surface area contributed by atoms with Gasteiger partial charge < -0.3 is 25.6 Å². The molecule has 0 unspecified atom stereocenters. The van der Waals surface area contributed by atoms with Gasteiger partial charge in [-0.2, -0.15) is 13.2 Å². The summed E-state index contributed by atoms with van der Waals surface area (Å²) in [6.07, 6.45) is -4.56. The Morgan fingerprint density at radius 2 is 1.59 bits per heavy atom. The zero-order chi connectivity index (χ0) is 35.6. The number of benzene rings is 4. The topological polar surface area (TPSA) is 87.9 Å². The van der Waals surface area contributed by atoms with E-state index >= 15 is 0 Å². The number of para-hydroxylation sites is 1. The van der Waals surface area contributed by atoms with Crippen LogP contribution in [0.25, 0.3) is 0 Å². The van der Waals surface area contributed by atoms with Crippen LogP contribution in [-0.2, 0) is 23.9 Å². The fourth-order valence-electron chi connectivity index (χ4n) is 5.16. The first-order valence-electron chi connectivity index (χ1n) is 16.0. The second-order valence-electron chi connectivity index (χ2n) is 12.4. The molecular weight excluding hydrogens is 650 g/mol. The van der Waals surface area contributed by atoms with Crippen molar-refractivity contribution in [2.24, 2.45) is 11.7 Å². The van der Waals surface area contributed by atoms with Crippen molar-refractivity contribution in [3.8, 4) is 5.75 Å². The SMILES string of the molecule is CN(C)Cc1ccc(Sc2ccccc2)cc1.C[C@H]1COc2c(NC(=O)Cc3ccc(C(F)(F)F)cc3)cccc2C(=O)N([C@@H](C)CN)C1. The molecule has 0 fully saturated rings. The number of hydrogen-bond acceptors (Lipinski definition) is 6. The molecule has 0 spiro atoms. The molecule has 1 aliphatic heterocycles. The Labute approximate surface area is 290 Å². The average Bonchev–Trinajstić information content (AvgIpc) is 3.06. The number of hydrogen-bond donors (Lipinski definition) is 2. The quantitative estimate of drug-likeness (QED) is 0.188. The molecule has 11 heteroatoms. The molecule has 2 atom stereocenters. The van der Waals surface area contributed by atoms with Gasteiger partial charge in [-0.1, -0.05) is 67.2 Å². The second kappa shape index (κ2) is 17.4. The highest BCUT2D eigenvalue weighted by molar-refractivity contribution is 7.99. The third-order valence-corrected chi connectivity index (χ3v) is 8.74. The number of amides is 2. The summed E-state index contributed by atoms with van der Waals surface area (Å²) in [5.41, 5.74) is 7.45. The van der Waals surface area contributed by atoms with Crippen LogP contribution in [0.2, 0.25) is 0 Å². The Bertz CT molecular complexity index is 1670. The Hall–Kier alpha value is -4.32. The molecule has 1 aliphatic rings. The van der Waals surface area contributed by atoms with E-state index in [0.29, 0.717) is 36.5 Å². The molecule has 49 heavy (non-hydrogen) atoms. The second-order valence-corrected chi connectivity index (χ2v) is 13.5. The van der Waals surface area contributed by atoms with Crippen molar-refractivity contribution in [3.63, 3.8) is 0 Å². The van der Waals surface area contributed by atoms with Gasteiger partial charge in [-0.15, -0.1) is 0 Å². The van der Waals surface area contributed by atoms with Crippen LogP contribution in [0.1, 0.15) is 40.9 Å². The van der Waals surface area contributed by atoms with Gasteiger partial charge in [0, 0.05) is 41.4 Å². The van der Waals surface area contributed by atoms with Crippen LogP contribution in [0, 0.1) is 5.92 Å². The Balaban J connectivity index is 0.000000266. The summed E-state index contributed by atoms with van der Waals surface area (Å²) in [7, 11) is 4.18. The van der Waals surface area contributed by atoms with Crippen molar-refractivity contribution in [1.29, 1.82) is 0 Å². The number of alkyl halides is 3. The monoisotopic (exact) mass is 692 g/mol. The fourth-order valence-corrected chi connectivity index (χ4v) is 6.00. The van der Waals surface area contributed by atoms with Gasteiger partial charge in [0.05, 0.1) is 29.8 Å². The molecule has 5 rings (SSSR count). The van der Waals surface area contributed by atoms with Crippen LogP contribution in [0.5, 0.6) is 5.75 Å². The predicted octanol–water partition coefficient (Wildman–Crippen LogP) is 7.60. The largest absolute Gasteiger partial charge is 0.490 e. The highest BCUT2D eigenvalue weighted by Gasteiger charge is 2.31. The van der Waals surface area contributed by atoms with Gasteiger partial charge in [0.1, 0.15) is 0 Å². The highest BCUT2D eigenvalue weighted by Crippen LogP contribution is 2.33. The van der Waals surface area contributed by atoms with Gasteiger partial charge >= 0.3 is 6.18 Å². The number of fused-ring (bicyclic) bond motifs is 1. The van der Waals surface area contributed by atoms with Crippen LogP contribution >= 0.6 is 11.8 Å². The predicted molar refractivity (Wildman–Crippen MR) is 189 cm³/mol. The van der Waals surface area contributed by atoms with E-state index < -0.39 is 17.6 Å². The minimum absolute atomic E-state index is 0.0528. The van der Waals surface area contributed by atoms with Gasteiger partial charge in [-0.05, 0) is 80.7 Å². The molecule has 4 aromatic rings. The lowest BCUT2D eigenvalue weighted by molar-refractivity contribution is -0.137. The summed E-state index contributed by atoms with van der Waals surface area (Å²) in [6, 6.07) is 28.4. The Kier molecular flexibility index (Phi) is 13.3. The lowest BCUT2D eigenvalue weighted by atomic mass is 10.0. The molecule has 0 bridgehead atoms. The van der Waals surface area contributed by atoms with E-state index in [4.69, 9.17) is 10.5 Å². The molecule has 0 radical (unpaired) electrons. The summed E-state index contributed by atoms with van der Waals surface area (Å²) >= 11 is 1.80. The maximum absolute atomic E-state index is 13.2. The number of carbonyl (C=O) groups is 2. The van der Waals surface area contributed by atoms with E-state index in [2.05, 4.69) is 72.8 Å². The zero-order valence-electron chi connectivity index (χ0n) is 28.2.